The number of amides is 2. The van der Waals surface area contributed by atoms with E-state index in [1.807, 2.05) is 46.1 Å². The standard InChI is InChI=1S/C16H27N3O3S/c1-11(20)19-12-7-8-23-13(12)9-18-16(5,6)10-17-14(21)22-15(2,3)4/h7-8,18H,9-10H2,1-6H3,(H,17,21)(H,19,20). The molecule has 0 aliphatic rings. The Hall–Kier alpha value is -1.60. The molecule has 0 saturated heterocycles. The fourth-order valence-electron chi connectivity index (χ4n) is 1.77. The van der Waals surface area contributed by atoms with E-state index >= 15 is 0 Å². The van der Waals surface area contributed by atoms with Gasteiger partial charge in [0.05, 0.1) is 5.69 Å². The monoisotopic (exact) mass is 341 g/mol. The van der Waals surface area contributed by atoms with Crippen LogP contribution in [0.2, 0.25) is 0 Å². The molecule has 0 unspecified atom stereocenters. The molecule has 7 heteroatoms. The molecule has 0 fully saturated rings. The van der Waals surface area contributed by atoms with Crippen LogP contribution in [0, 0.1) is 0 Å². The van der Waals surface area contributed by atoms with Crippen molar-refractivity contribution in [3.05, 3.63) is 16.3 Å². The summed E-state index contributed by atoms with van der Waals surface area (Å²) in [4.78, 5) is 23.9. The first-order valence-corrected chi connectivity index (χ1v) is 8.42. The van der Waals surface area contributed by atoms with E-state index in [0.29, 0.717) is 13.1 Å². The van der Waals surface area contributed by atoms with Gasteiger partial charge in [0.25, 0.3) is 0 Å². The molecule has 1 heterocycles. The number of nitrogens with one attached hydrogen (secondary N) is 3. The summed E-state index contributed by atoms with van der Waals surface area (Å²) in [6.07, 6.45) is -0.428. The second-order valence-corrected chi connectivity index (χ2v) is 8.03. The number of alkyl carbamates (subject to hydrolysis) is 1. The van der Waals surface area contributed by atoms with Gasteiger partial charge in [-0.3, -0.25) is 4.79 Å². The lowest BCUT2D eigenvalue weighted by molar-refractivity contribution is -0.114. The molecule has 1 rings (SSSR count). The number of anilines is 1. The minimum atomic E-state index is -0.508. The Morgan fingerprint density at radius 3 is 2.43 bits per heavy atom. The fraction of sp³-hybridized carbons (Fsp3) is 0.625. The van der Waals surface area contributed by atoms with Gasteiger partial charge in [-0.2, -0.15) is 0 Å². The summed E-state index contributed by atoms with van der Waals surface area (Å²) in [5, 5.41) is 10.9. The van der Waals surface area contributed by atoms with E-state index in [-0.39, 0.29) is 11.4 Å². The lowest BCUT2D eigenvalue weighted by atomic mass is 10.1. The first-order valence-electron chi connectivity index (χ1n) is 7.54. The van der Waals surface area contributed by atoms with Crippen LogP contribution < -0.4 is 16.0 Å². The SMILES string of the molecule is CC(=O)Nc1ccsc1CNC(C)(C)CNC(=O)OC(C)(C)C. The maximum atomic E-state index is 11.7. The van der Waals surface area contributed by atoms with E-state index in [0.717, 1.165) is 10.6 Å². The minimum Gasteiger partial charge on any atom is -0.444 e. The van der Waals surface area contributed by atoms with Gasteiger partial charge >= 0.3 is 6.09 Å². The van der Waals surface area contributed by atoms with Crippen molar-refractivity contribution in [3.8, 4) is 0 Å². The van der Waals surface area contributed by atoms with Crippen LogP contribution in [0.4, 0.5) is 10.5 Å². The van der Waals surface area contributed by atoms with Crippen molar-refractivity contribution in [3.63, 3.8) is 0 Å². The van der Waals surface area contributed by atoms with Crippen LogP contribution in [-0.2, 0) is 16.1 Å². The third-order valence-corrected chi connectivity index (χ3v) is 3.78. The summed E-state index contributed by atoms with van der Waals surface area (Å²) >= 11 is 1.58. The average molecular weight is 341 g/mol. The molecule has 0 radical (unpaired) electrons. The molecule has 23 heavy (non-hydrogen) atoms. The quantitative estimate of drug-likeness (QED) is 0.743. The van der Waals surface area contributed by atoms with Crippen LogP contribution >= 0.6 is 11.3 Å². The van der Waals surface area contributed by atoms with Gasteiger partial charge in [0.2, 0.25) is 5.91 Å². The first-order chi connectivity index (χ1) is 10.5. The van der Waals surface area contributed by atoms with Crippen molar-refractivity contribution in [1.29, 1.82) is 0 Å². The zero-order chi connectivity index (χ0) is 17.7. The van der Waals surface area contributed by atoms with Gasteiger partial charge in [-0.05, 0) is 46.1 Å². The highest BCUT2D eigenvalue weighted by atomic mass is 32.1. The lowest BCUT2D eigenvalue weighted by Gasteiger charge is -2.28. The Kier molecular flexibility index (Phi) is 6.58. The van der Waals surface area contributed by atoms with Gasteiger partial charge in [-0.15, -0.1) is 11.3 Å². The summed E-state index contributed by atoms with van der Waals surface area (Å²) in [5.74, 6) is -0.0875. The van der Waals surface area contributed by atoms with E-state index in [1.165, 1.54) is 6.92 Å². The van der Waals surface area contributed by atoms with Crippen molar-refractivity contribution in [2.75, 3.05) is 11.9 Å². The van der Waals surface area contributed by atoms with Crippen molar-refractivity contribution in [2.24, 2.45) is 0 Å². The van der Waals surface area contributed by atoms with E-state index < -0.39 is 11.7 Å². The van der Waals surface area contributed by atoms with Gasteiger partial charge in [0.15, 0.2) is 0 Å². The molecule has 0 aromatic carbocycles. The van der Waals surface area contributed by atoms with Crippen LogP contribution in [0.25, 0.3) is 0 Å². The van der Waals surface area contributed by atoms with E-state index in [2.05, 4.69) is 16.0 Å². The van der Waals surface area contributed by atoms with E-state index in [1.54, 1.807) is 11.3 Å². The predicted molar refractivity (Wildman–Crippen MR) is 93.8 cm³/mol. The van der Waals surface area contributed by atoms with E-state index in [4.69, 9.17) is 4.74 Å². The summed E-state index contributed by atoms with van der Waals surface area (Å²) in [6.45, 7) is 12.0. The van der Waals surface area contributed by atoms with Crippen LogP contribution in [0.5, 0.6) is 0 Å². The van der Waals surface area contributed by atoms with Gasteiger partial charge in [0.1, 0.15) is 5.60 Å². The summed E-state index contributed by atoms with van der Waals surface area (Å²) in [7, 11) is 0. The smallest absolute Gasteiger partial charge is 0.407 e. The summed E-state index contributed by atoms with van der Waals surface area (Å²) in [6, 6.07) is 1.88. The first kappa shape index (κ1) is 19.4. The van der Waals surface area contributed by atoms with Crippen LogP contribution in [0.3, 0.4) is 0 Å². The number of hydrogen-bond donors (Lipinski definition) is 3. The number of thiophene rings is 1. The highest BCUT2D eigenvalue weighted by molar-refractivity contribution is 7.10. The van der Waals surface area contributed by atoms with Crippen LogP contribution in [0.15, 0.2) is 11.4 Å². The van der Waals surface area contributed by atoms with E-state index in [9.17, 15) is 9.59 Å². The normalized spacial score (nSPS) is 11.9. The largest absolute Gasteiger partial charge is 0.444 e. The summed E-state index contributed by atoms with van der Waals surface area (Å²) < 4.78 is 5.22. The zero-order valence-corrected chi connectivity index (χ0v) is 15.5. The molecule has 0 spiro atoms. The number of carbonyl (C=O) groups excluding carboxylic acids is 2. The molecule has 130 valence electrons. The molecule has 0 aliphatic heterocycles. The lowest BCUT2D eigenvalue weighted by Crippen LogP contribution is -2.49. The van der Waals surface area contributed by atoms with Gasteiger partial charge < -0.3 is 20.7 Å². The molecule has 2 amide bonds. The molecule has 3 N–H and O–H groups in total. The highest BCUT2D eigenvalue weighted by Crippen LogP contribution is 2.22. The molecule has 6 nitrogen and oxygen atoms in total. The molecule has 0 aliphatic carbocycles. The third-order valence-electron chi connectivity index (χ3n) is 2.86. The molecule has 0 bridgehead atoms. The number of hydrogen-bond acceptors (Lipinski definition) is 5. The Bertz CT molecular complexity index is 547. The Labute approximate surface area is 142 Å². The van der Waals surface area contributed by atoms with Crippen LogP contribution in [-0.4, -0.2) is 29.7 Å². The summed E-state index contributed by atoms with van der Waals surface area (Å²) in [5.41, 5.74) is 0.00573. The number of rotatable bonds is 6. The Morgan fingerprint density at radius 1 is 1.22 bits per heavy atom. The molecular formula is C16H27N3O3S. The maximum Gasteiger partial charge on any atom is 0.407 e. The Balaban J connectivity index is 2.48. The highest BCUT2D eigenvalue weighted by Gasteiger charge is 2.21. The fourth-order valence-corrected chi connectivity index (χ4v) is 2.54. The van der Waals surface area contributed by atoms with Gasteiger partial charge in [-0.25, -0.2) is 4.79 Å². The average Bonchev–Trinajstić information content (AvgIpc) is 2.79. The van der Waals surface area contributed by atoms with Crippen molar-refractivity contribution in [1.82, 2.24) is 10.6 Å². The molecule has 0 atom stereocenters. The number of carbonyl (C=O) groups is 2. The minimum absolute atomic E-state index is 0.0875. The molecule has 0 saturated carbocycles. The predicted octanol–water partition coefficient (Wildman–Crippen LogP) is 3.10. The second kappa shape index (κ2) is 7.79. The second-order valence-electron chi connectivity index (χ2n) is 7.03. The number of ether oxygens (including phenoxy) is 1. The van der Waals surface area contributed by atoms with Gasteiger partial charge in [-0.1, -0.05) is 0 Å². The third kappa shape index (κ3) is 7.99. The maximum absolute atomic E-state index is 11.7. The molecule has 1 aromatic heterocycles. The van der Waals surface area contributed by atoms with Crippen molar-refractivity contribution >= 4 is 29.0 Å². The van der Waals surface area contributed by atoms with Crippen LogP contribution in [0.1, 0.15) is 46.4 Å². The van der Waals surface area contributed by atoms with Crippen molar-refractivity contribution < 1.29 is 14.3 Å². The van der Waals surface area contributed by atoms with Crippen molar-refractivity contribution in [2.45, 2.75) is 59.2 Å². The topological polar surface area (TPSA) is 79.5 Å². The van der Waals surface area contributed by atoms with Gasteiger partial charge in [0, 0.05) is 30.4 Å². The zero-order valence-electron chi connectivity index (χ0n) is 14.7. The molecular weight excluding hydrogens is 314 g/mol. The molecule has 1 aromatic rings. The Morgan fingerprint density at radius 2 is 1.87 bits per heavy atom.